The first-order chi connectivity index (χ1) is 7.11. The number of carbonyl (C=O) groups excluding carboxylic acids is 1. The molecule has 0 aromatic carbocycles. The van der Waals surface area contributed by atoms with Gasteiger partial charge in [-0.25, -0.2) is 4.98 Å². The van der Waals surface area contributed by atoms with E-state index >= 15 is 0 Å². The Morgan fingerprint density at radius 3 is 2.87 bits per heavy atom. The van der Waals surface area contributed by atoms with E-state index in [-0.39, 0.29) is 18.0 Å². The number of aromatic nitrogens is 2. The van der Waals surface area contributed by atoms with Crippen LogP contribution in [-0.4, -0.2) is 33.4 Å². The molecule has 1 aliphatic heterocycles. The van der Waals surface area contributed by atoms with Gasteiger partial charge in [-0.1, -0.05) is 0 Å². The molecule has 2 rings (SSSR count). The number of nitrogens with two attached hydrogens (primary N) is 1. The number of rotatable bonds is 1. The van der Waals surface area contributed by atoms with E-state index in [9.17, 15) is 4.79 Å². The summed E-state index contributed by atoms with van der Waals surface area (Å²) in [6.45, 7) is 0. The molecule has 5 nitrogen and oxygen atoms in total. The normalized spacial score (nSPS) is 27.1. The number of likely N-dealkylation sites (tertiary alicyclic amines) is 1. The van der Waals surface area contributed by atoms with Gasteiger partial charge in [-0.15, -0.1) is 0 Å². The van der Waals surface area contributed by atoms with Crippen LogP contribution in [0.3, 0.4) is 0 Å². The van der Waals surface area contributed by atoms with Crippen LogP contribution >= 0.6 is 0 Å². The Morgan fingerprint density at radius 2 is 2.27 bits per heavy atom. The zero-order valence-corrected chi connectivity index (χ0v) is 9.05. The Morgan fingerprint density at radius 1 is 1.53 bits per heavy atom. The summed E-state index contributed by atoms with van der Waals surface area (Å²) in [5.41, 5.74) is 6.04. The molecule has 2 N–H and O–H groups in total. The van der Waals surface area contributed by atoms with Crippen molar-refractivity contribution in [2.45, 2.75) is 24.9 Å². The zero-order valence-electron chi connectivity index (χ0n) is 9.05. The largest absolute Gasteiger partial charge is 0.336 e. The lowest BCUT2D eigenvalue weighted by molar-refractivity contribution is -0.135. The maximum atomic E-state index is 11.6. The van der Waals surface area contributed by atoms with Gasteiger partial charge in [-0.05, 0) is 6.42 Å². The van der Waals surface area contributed by atoms with Gasteiger partial charge < -0.3 is 15.2 Å². The summed E-state index contributed by atoms with van der Waals surface area (Å²) < 4.78 is 1.92. The summed E-state index contributed by atoms with van der Waals surface area (Å²) in [6.07, 6.45) is 4.88. The molecule has 1 saturated heterocycles. The molecule has 0 aliphatic carbocycles. The summed E-state index contributed by atoms with van der Waals surface area (Å²) in [6, 6.07) is -0.111. The standard InChI is InChI=1S/C10H16N4O/c1-13-6-5-12-10(13)9-7(11)3-4-8(15)14(9)2/h5-7,9H,3-4,11H2,1-2H3/t7-,9-/m0/s1. The van der Waals surface area contributed by atoms with Crippen LogP contribution in [0.15, 0.2) is 12.4 Å². The van der Waals surface area contributed by atoms with Crippen molar-refractivity contribution in [1.29, 1.82) is 0 Å². The highest BCUT2D eigenvalue weighted by molar-refractivity contribution is 5.77. The number of likely N-dealkylation sites (N-methyl/N-ethyl adjacent to an activating group) is 1. The second-order valence-electron chi connectivity index (χ2n) is 4.05. The second kappa shape index (κ2) is 3.66. The minimum atomic E-state index is -0.0914. The van der Waals surface area contributed by atoms with E-state index in [0.29, 0.717) is 6.42 Å². The van der Waals surface area contributed by atoms with Crippen molar-refractivity contribution in [3.05, 3.63) is 18.2 Å². The average molecular weight is 208 g/mol. The van der Waals surface area contributed by atoms with Gasteiger partial charge in [0.05, 0.1) is 0 Å². The molecule has 1 aromatic heterocycles. The van der Waals surface area contributed by atoms with Gasteiger partial charge in [0.2, 0.25) is 5.91 Å². The molecule has 1 aromatic rings. The molecule has 5 heteroatoms. The number of nitrogens with zero attached hydrogens (tertiary/aromatic N) is 3. The predicted molar refractivity (Wildman–Crippen MR) is 55.9 cm³/mol. The van der Waals surface area contributed by atoms with Crippen molar-refractivity contribution < 1.29 is 4.79 Å². The van der Waals surface area contributed by atoms with Crippen molar-refractivity contribution in [3.8, 4) is 0 Å². The monoisotopic (exact) mass is 208 g/mol. The average Bonchev–Trinajstić information content (AvgIpc) is 2.60. The van der Waals surface area contributed by atoms with Crippen molar-refractivity contribution >= 4 is 5.91 Å². The summed E-state index contributed by atoms with van der Waals surface area (Å²) >= 11 is 0. The Kier molecular flexibility index (Phi) is 2.48. The van der Waals surface area contributed by atoms with Gasteiger partial charge in [0, 0.05) is 39.0 Å². The van der Waals surface area contributed by atoms with E-state index in [1.807, 2.05) is 17.8 Å². The third-order valence-electron chi connectivity index (χ3n) is 3.03. The number of hydrogen-bond acceptors (Lipinski definition) is 3. The number of piperidine rings is 1. The van der Waals surface area contributed by atoms with E-state index in [4.69, 9.17) is 5.73 Å². The van der Waals surface area contributed by atoms with Crippen LogP contribution in [0.2, 0.25) is 0 Å². The fraction of sp³-hybridized carbons (Fsp3) is 0.600. The van der Waals surface area contributed by atoms with Gasteiger partial charge in [0.15, 0.2) is 0 Å². The lowest BCUT2D eigenvalue weighted by Gasteiger charge is -2.36. The summed E-state index contributed by atoms with van der Waals surface area (Å²) in [5, 5.41) is 0. The zero-order chi connectivity index (χ0) is 11.0. The molecule has 82 valence electrons. The summed E-state index contributed by atoms with van der Waals surface area (Å²) in [4.78, 5) is 17.6. The predicted octanol–water partition coefficient (Wildman–Crippen LogP) is 0.0407. The lowest BCUT2D eigenvalue weighted by Crippen LogP contribution is -2.47. The number of hydrogen-bond donors (Lipinski definition) is 1. The van der Waals surface area contributed by atoms with Crippen LogP contribution < -0.4 is 5.73 Å². The van der Waals surface area contributed by atoms with E-state index in [2.05, 4.69) is 4.98 Å². The highest BCUT2D eigenvalue weighted by Crippen LogP contribution is 2.27. The molecule has 2 atom stereocenters. The molecule has 2 heterocycles. The molecule has 0 saturated carbocycles. The quantitative estimate of drug-likeness (QED) is 0.708. The Balaban J connectivity index is 2.33. The summed E-state index contributed by atoms with van der Waals surface area (Å²) in [5.74, 6) is 1.00. The lowest BCUT2D eigenvalue weighted by atomic mass is 9.96. The molecular weight excluding hydrogens is 192 g/mol. The molecule has 0 radical (unpaired) electrons. The third-order valence-corrected chi connectivity index (χ3v) is 3.03. The summed E-state index contributed by atoms with van der Waals surface area (Å²) in [7, 11) is 3.71. The minimum absolute atomic E-state index is 0.0196. The number of carbonyl (C=O) groups is 1. The van der Waals surface area contributed by atoms with Gasteiger partial charge in [0.25, 0.3) is 0 Å². The molecule has 1 fully saturated rings. The SMILES string of the molecule is CN1C(=O)CC[C@H](N)[C@H]1c1nccn1C. The Hall–Kier alpha value is -1.36. The molecule has 15 heavy (non-hydrogen) atoms. The van der Waals surface area contributed by atoms with E-state index in [1.54, 1.807) is 18.1 Å². The van der Waals surface area contributed by atoms with Crippen molar-refractivity contribution in [2.24, 2.45) is 12.8 Å². The van der Waals surface area contributed by atoms with E-state index in [0.717, 1.165) is 12.2 Å². The molecule has 0 spiro atoms. The highest BCUT2D eigenvalue weighted by Gasteiger charge is 2.34. The number of imidazole rings is 1. The maximum Gasteiger partial charge on any atom is 0.223 e. The van der Waals surface area contributed by atoms with Gasteiger partial charge in [-0.2, -0.15) is 0 Å². The van der Waals surface area contributed by atoms with Gasteiger partial charge in [0.1, 0.15) is 11.9 Å². The van der Waals surface area contributed by atoms with Crippen LogP contribution in [0.25, 0.3) is 0 Å². The van der Waals surface area contributed by atoms with Crippen molar-refractivity contribution in [1.82, 2.24) is 14.5 Å². The number of aryl methyl sites for hydroxylation is 1. The Bertz CT molecular complexity index is 373. The van der Waals surface area contributed by atoms with Gasteiger partial charge >= 0.3 is 0 Å². The molecule has 1 amide bonds. The fourth-order valence-corrected chi connectivity index (χ4v) is 2.09. The minimum Gasteiger partial charge on any atom is -0.336 e. The van der Waals surface area contributed by atoms with Crippen LogP contribution in [0, 0.1) is 0 Å². The van der Waals surface area contributed by atoms with E-state index < -0.39 is 0 Å². The fourth-order valence-electron chi connectivity index (χ4n) is 2.09. The molecule has 1 aliphatic rings. The first-order valence-electron chi connectivity index (χ1n) is 5.09. The maximum absolute atomic E-state index is 11.6. The van der Waals surface area contributed by atoms with Crippen molar-refractivity contribution in [3.63, 3.8) is 0 Å². The van der Waals surface area contributed by atoms with Gasteiger partial charge in [-0.3, -0.25) is 4.79 Å². The van der Waals surface area contributed by atoms with E-state index in [1.165, 1.54) is 0 Å². The topological polar surface area (TPSA) is 64.2 Å². The first kappa shape index (κ1) is 10.2. The first-order valence-corrected chi connectivity index (χ1v) is 5.09. The van der Waals surface area contributed by atoms with Crippen LogP contribution in [0.1, 0.15) is 24.7 Å². The highest BCUT2D eigenvalue weighted by atomic mass is 16.2. The van der Waals surface area contributed by atoms with Crippen LogP contribution in [0.4, 0.5) is 0 Å². The Labute approximate surface area is 88.9 Å². The van der Waals surface area contributed by atoms with Crippen LogP contribution in [0.5, 0.6) is 0 Å². The second-order valence-corrected chi connectivity index (χ2v) is 4.05. The molecular formula is C10H16N4O. The smallest absolute Gasteiger partial charge is 0.223 e. The van der Waals surface area contributed by atoms with Crippen LogP contribution in [-0.2, 0) is 11.8 Å². The third kappa shape index (κ3) is 1.63. The number of amides is 1. The molecule has 0 bridgehead atoms. The molecule has 0 unspecified atom stereocenters. The van der Waals surface area contributed by atoms with Crippen molar-refractivity contribution in [2.75, 3.05) is 7.05 Å².